The van der Waals surface area contributed by atoms with Crippen molar-refractivity contribution in [2.45, 2.75) is 13.3 Å². The zero-order valence-corrected chi connectivity index (χ0v) is 13.0. The number of fused-ring (bicyclic) bond motifs is 1. The van der Waals surface area contributed by atoms with E-state index in [1.54, 1.807) is 29.3 Å². The highest BCUT2D eigenvalue weighted by Crippen LogP contribution is 2.31. The molecule has 4 nitrogen and oxygen atoms in total. The van der Waals surface area contributed by atoms with Crippen molar-refractivity contribution in [2.75, 3.05) is 0 Å². The molecule has 1 aromatic carbocycles. The monoisotopic (exact) mass is 294 g/mol. The molecule has 0 unspecified atom stereocenters. The summed E-state index contributed by atoms with van der Waals surface area (Å²) in [7, 11) is 3.50. The number of hydrogen-bond donors (Lipinski definition) is 0. The molecule has 0 aliphatic rings. The molecule has 0 spiro atoms. The van der Waals surface area contributed by atoms with Gasteiger partial charge in [-0.15, -0.1) is 0 Å². The Morgan fingerprint density at radius 1 is 1.14 bits per heavy atom. The number of aromatic nitrogens is 2. The zero-order valence-electron chi connectivity index (χ0n) is 13.0. The minimum Gasteiger partial charge on any atom is -0.337 e. The number of hydrogen-bond acceptors (Lipinski definition) is 2. The molecule has 3 aromatic rings. The Bertz CT molecular complexity index is 932. The van der Waals surface area contributed by atoms with Gasteiger partial charge in [0.15, 0.2) is 6.29 Å². The Labute approximate surface area is 128 Å². The van der Waals surface area contributed by atoms with Crippen LogP contribution in [0.25, 0.3) is 22.0 Å². The van der Waals surface area contributed by atoms with E-state index in [-0.39, 0.29) is 5.56 Å². The minimum absolute atomic E-state index is 0.0941. The van der Waals surface area contributed by atoms with E-state index in [0.717, 1.165) is 29.2 Å². The smallest absolute Gasteiger partial charge is 0.274 e. The Balaban J connectivity index is 2.47. The molecule has 0 atom stereocenters. The average molecular weight is 294 g/mol. The third kappa shape index (κ3) is 1.99. The Kier molecular flexibility index (Phi) is 3.45. The topological polar surface area (TPSA) is 44.0 Å². The van der Waals surface area contributed by atoms with Gasteiger partial charge in [-0.05, 0) is 23.6 Å². The molecule has 0 saturated carbocycles. The second kappa shape index (κ2) is 5.30. The summed E-state index contributed by atoms with van der Waals surface area (Å²) in [6.07, 6.45) is 3.55. The van der Waals surface area contributed by atoms with E-state index in [0.29, 0.717) is 11.2 Å². The molecule has 112 valence electrons. The maximum absolute atomic E-state index is 12.4. The Morgan fingerprint density at radius 2 is 1.86 bits per heavy atom. The largest absolute Gasteiger partial charge is 0.337 e. The summed E-state index contributed by atoms with van der Waals surface area (Å²) in [5.74, 6) is 0. The van der Waals surface area contributed by atoms with Crippen LogP contribution in [0.3, 0.4) is 0 Å². The first-order chi connectivity index (χ1) is 10.6. The van der Waals surface area contributed by atoms with Gasteiger partial charge in [-0.2, -0.15) is 0 Å². The summed E-state index contributed by atoms with van der Waals surface area (Å²) in [6, 6.07) is 9.96. The van der Waals surface area contributed by atoms with E-state index in [1.165, 1.54) is 5.56 Å². The minimum atomic E-state index is -0.0941. The highest BCUT2D eigenvalue weighted by molar-refractivity contribution is 5.99. The van der Waals surface area contributed by atoms with Crippen LogP contribution in [0.1, 0.15) is 23.0 Å². The average Bonchev–Trinajstić information content (AvgIpc) is 2.88. The van der Waals surface area contributed by atoms with Gasteiger partial charge in [0.05, 0.1) is 5.69 Å². The molecule has 0 N–H and O–H groups in total. The summed E-state index contributed by atoms with van der Waals surface area (Å²) in [5.41, 5.74) is 4.29. The molecule has 2 heterocycles. The number of carbonyl (C=O) groups is 1. The normalized spacial score (nSPS) is 11.0. The lowest BCUT2D eigenvalue weighted by molar-refractivity contribution is 0.111. The van der Waals surface area contributed by atoms with Crippen LogP contribution in [0, 0.1) is 0 Å². The summed E-state index contributed by atoms with van der Waals surface area (Å²) >= 11 is 0. The second-order valence-corrected chi connectivity index (χ2v) is 5.48. The molecular weight excluding hydrogens is 276 g/mol. The molecule has 0 aliphatic heterocycles. The third-order valence-corrected chi connectivity index (χ3v) is 4.22. The van der Waals surface area contributed by atoms with Gasteiger partial charge in [0.25, 0.3) is 5.56 Å². The molecule has 0 radical (unpaired) electrons. The molecule has 0 amide bonds. The molecule has 22 heavy (non-hydrogen) atoms. The molecule has 2 aromatic heterocycles. The lowest BCUT2D eigenvalue weighted by Gasteiger charge is -2.11. The number of nitrogens with zero attached hydrogens (tertiary/aromatic N) is 2. The lowest BCUT2D eigenvalue weighted by Crippen LogP contribution is -2.18. The highest BCUT2D eigenvalue weighted by Gasteiger charge is 2.16. The zero-order chi connectivity index (χ0) is 15.9. The second-order valence-electron chi connectivity index (χ2n) is 5.48. The molecule has 0 saturated heterocycles. The summed E-state index contributed by atoms with van der Waals surface area (Å²) in [4.78, 5) is 23.7. The van der Waals surface area contributed by atoms with Crippen molar-refractivity contribution in [1.82, 2.24) is 9.13 Å². The number of carbonyl (C=O) groups excluding carboxylic acids is 1. The fraction of sp³-hybridized carbons (Fsp3) is 0.222. The van der Waals surface area contributed by atoms with Crippen LogP contribution in [-0.4, -0.2) is 15.4 Å². The van der Waals surface area contributed by atoms with Gasteiger partial charge in [0.2, 0.25) is 0 Å². The quantitative estimate of drug-likeness (QED) is 0.697. The van der Waals surface area contributed by atoms with Gasteiger partial charge < -0.3 is 9.13 Å². The van der Waals surface area contributed by atoms with Crippen LogP contribution >= 0.6 is 0 Å². The standard InChI is InChI=1S/C18H18N2O2/c1-4-12-7-5-6-8-14(12)16-10-19(2)18(22)17-15(16)9-13(11-21)20(17)3/h5-11H,4H2,1-3H3. The van der Waals surface area contributed by atoms with Crippen LogP contribution in [0.15, 0.2) is 41.3 Å². The lowest BCUT2D eigenvalue weighted by atomic mass is 9.97. The first-order valence-corrected chi connectivity index (χ1v) is 7.31. The van der Waals surface area contributed by atoms with Gasteiger partial charge in [-0.3, -0.25) is 9.59 Å². The number of aryl methyl sites for hydroxylation is 3. The Hall–Kier alpha value is -2.62. The van der Waals surface area contributed by atoms with Crippen molar-refractivity contribution in [1.29, 1.82) is 0 Å². The molecule has 0 aliphatic carbocycles. The van der Waals surface area contributed by atoms with Crippen molar-refractivity contribution in [3.8, 4) is 11.1 Å². The van der Waals surface area contributed by atoms with E-state index in [2.05, 4.69) is 19.1 Å². The fourth-order valence-electron chi connectivity index (χ4n) is 2.99. The number of benzene rings is 1. The highest BCUT2D eigenvalue weighted by atomic mass is 16.1. The van der Waals surface area contributed by atoms with E-state index in [4.69, 9.17) is 0 Å². The van der Waals surface area contributed by atoms with Crippen molar-refractivity contribution in [3.05, 3.63) is 58.1 Å². The van der Waals surface area contributed by atoms with Gasteiger partial charge in [-0.25, -0.2) is 0 Å². The third-order valence-electron chi connectivity index (χ3n) is 4.22. The van der Waals surface area contributed by atoms with Crippen molar-refractivity contribution >= 4 is 17.2 Å². The predicted octanol–water partition coefficient (Wildman–Crippen LogP) is 2.92. The Morgan fingerprint density at radius 3 is 2.55 bits per heavy atom. The van der Waals surface area contributed by atoms with Gasteiger partial charge in [0, 0.05) is 31.2 Å². The maximum atomic E-state index is 12.4. The predicted molar refractivity (Wildman–Crippen MR) is 88.4 cm³/mol. The van der Waals surface area contributed by atoms with Crippen LogP contribution in [0.4, 0.5) is 0 Å². The molecule has 3 rings (SSSR count). The molecule has 4 heteroatoms. The van der Waals surface area contributed by atoms with Crippen molar-refractivity contribution < 1.29 is 4.79 Å². The van der Waals surface area contributed by atoms with Crippen LogP contribution in [0.2, 0.25) is 0 Å². The van der Waals surface area contributed by atoms with E-state index in [1.807, 2.05) is 18.3 Å². The van der Waals surface area contributed by atoms with Gasteiger partial charge in [0.1, 0.15) is 5.52 Å². The number of rotatable bonds is 3. The first-order valence-electron chi connectivity index (χ1n) is 7.31. The van der Waals surface area contributed by atoms with E-state index in [9.17, 15) is 9.59 Å². The van der Waals surface area contributed by atoms with E-state index >= 15 is 0 Å². The summed E-state index contributed by atoms with van der Waals surface area (Å²) < 4.78 is 3.25. The fourth-order valence-corrected chi connectivity index (χ4v) is 2.99. The van der Waals surface area contributed by atoms with Crippen LogP contribution in [-0.2, 0) is 20.5 Å². The number of pyridine rings is 1. The van der Waals surface area contributed by atoms with Gasteiger partial charge in [-0.1, -0.05) is 31.2 Å². The van der Waals surface area contributed by atoms with Crippen LogP contribution < -0.4 is 5.56 Å². The maximum Gasteiger partial charge on any atom is 0.274 e. The van der Waals surface area contributed by atoms with Crippen LogP contribution in [0.5, 0.6) is 0 Å². The molecule has 0 fully saturated rings. The SMILES string of the molecule is CCc1ccccc1-c1cn(C)c(=O)c2c1cc(C=O)n2C. The summed E-state index contributed by atoms with van der Waals surface area (Å²) in [5, 5.41) is 0.827. The van der Waals surface area contributed by atoms with Crippen molar-refractivity contribution in [2.24, 2.45) is 14.1 Å². The van der Waals surface area contributed by atoms with Crippen molar-refractivity contribution in [3.63, 3.8) is 0 Å². The molecule has 0 bridgehead atoms. The first kappa shape index (κ1) is 14.3. The van der Waals surface area contributed by atoms with Gasteiger partial charge >= 0.3 is 0 Å². The summed E-state index contributed by atoms with van der Waals surface area (Å²) in [6.45, 7) is 2.11. The number of aldehydes is 1. The molecular formula is C18H18N2O2. The van der Waals surface area contributed by atoms with E-state index < -0.39 is 0 Å².